The van der Waals surface area contributed by atoms with Gasteiger partial charge < -0.3 is 5.11 Å². The van der Waals surface area contributed by atoms with Crippen LogP contribution in [0.25, 0.3) is 0 Å². The van der Waals surface area contributed by atoms with Gasteiger partial charge in [0.2, 0.25) is 0 Å². The molecule has 0 aromatic carbocycles. The standard InChI is InChI=1S/C11H18O/c1-3-4-8-11(12)9-6-5-7-10(11)2/h5-7,9-10,12H,3-4,8H2,1-2H3. The Labute approximate surface area is 74.8 Å². The molecule has 0 fully saturated rings. The molecule has 1 N–H and O–H groups in total. The Hall–Kier alpha value is -0.560. The molecule has 0 saturated carbocycles. The molecule has 0 heterocycles. The fraction of sp³-hybridized carbons (Fsp3) is 0.636. The summed E-state index contributed by atoms with van der Waals surface area (Å²) in [5.74, 6) is 0.258. The lowest BCUT2D eigenvalue weighted by Gasteiger charge is -2.31. The normalized spacial score (nSPS) is 34.1. The van der Waals surface area contributed by atoms with Gasteiger partial charge in [-0.2, -0.15) is 0 Å². The van der Waals surface area contributed by atoms with Crippen molar-refractivity contribution in [3.8, 4) is 0 Å². The fourth-order valence-corrected chi connectivity index (χ4v) is 1.54. The molecule has 0 radical (unpaired) electrons. The maximum Gasteiger partial charge on any atom is 0.0890 e. The zero-order valence-corrected chi connectivity index (χ0v) is 7.96. The zero-order valence-electron chi connectivity index (χ0n) is 7.96. The number of aliphatic hydroxyl groups is 1. The van der Waals surface area contributed by atoms with Crippen molar-refractivity contribution in [1.82, 2.24) is 0 Å². The monoisotopic (exact) mass is 166 g/mol. The molecule has 0 aromatic heterocycles. The summed E-state index contributed by atoms with van der Waals surface area (Å²) in [4.78, 5) is 0. The first-order chi connectivity index (χ1) is 5.69. The fourth-order valence-electron chi connectivity index (χ4n) is 1.54. The Balaban J connectivity index is 2.57. The predicted molar refractivity (Wildman–Crippen MR) is 51.9 cm³/mol. The number of unbranched alkanes of at least 4 members (excludes halogenated alkanes) is 1. The molecule has 0 bridgehead atoms. The second-order valence-electron chi connectivity index (χ2n) is 3.63. The molecule has 0 aromatic rings. The first kappa shape index (κ1) is 9.53. The average Bonchev–Trinajstić information content (AvgIpc) is 2.07. The van der Waals surface area contributed by atoms with Gasteiger partial charge in [0.25, 0.3) is 0 Å². The van der Waals surface area contributed by atoms with Gasteiger partial charge >= 0.3 is 0 Å². The van der Waals surface area contributed by atoms with E-state index in [4.69, 9.17) is 0 Å². The van der Waals surface area contributed by atoms with Crippen molar-refractivity contribution in [2.24, 2.45) is 5.92 Å². The van der Waals surface area contributed by atoms with Crippen molar-refractivity contribution in [3.05, 3.63) is 24.3 Å². The molecule has 2 atom stereocenters. The molecule has 1 heteroatoms. The summed E-state index contributed by atoms with van der Waals surface area (Å²) >= 11 is 0. The highest BCUT2D eigenvalue weighted by atomic mass is 16.3. The van der Waals surface area contributed by atoms with Crippen LogP contribution in [0.1, 0.15) is 33.1 Å². The first-order valence-electron chi connectivity index (χ1n) is 4.77. The topological polar surface area (TPSA) is 20.2 Å². The number of hydrogen-bond donors (Lipinski definition) is 1. The predicted octanol–water partition coefficient (Wildman–Crippen LogP) is 2.67. The Kier molecular flexibility index (Phi) is 3.10. The van der Waals surface area contributed by atoms with Crippen molar-refractivity contribution in [2.75, 3.05) is 0 Å². The number of hydrogen-bond acceptors (Lipinski definition) is 1. The highest BCUT2D eigenvalue weighted by molar-refractivity contribution is 5.20. The summed E-state index contributed by atoms with van der Waals surface area (Å²) in [7, 11) is 0. The molecule has 0 spiro atoms. The molecule has 12 heavy (non-hydrogen) atoms. The number of allylic oxidation sites excluding steroid dienone is 2. The van der Waals surface area contributed by atoms with Gasteiger partial charge in [-0.3, -0.25) is 0 Å². The van der Waals surface area contributed by atoms with E-state index in [1.54, 1.807) is 0 Å². The lowest BCUT2D eigenvalue weighted by molar-refractivity contribution is 0.0423. The third kappa shape index (κ3) is 1.98. The Morgan fingerprint density at radius 1 is 1.42 bits per heavy atom. The van der Waals surface area contributed by atoms with Crippen molar-refractivity contribution in [3.63, 3.8) is 0 Å². The molecule has 0 amide bonds. The van der Waals surface area contributed by atoms with Crippen molar-refractivity contribution < 1.29 is 5.11 Å². The maximum absolute atomic E-state index is 10.1. The summed E-state index contributed by atoms with van der Waals surface area (Å²) in [5, 5.41) is 10.1. The number of rotatable bonds is 3. The molecule has 1 nitrogen and oxygen atoms in total. The zero-order chi connectivity index (χ0) is 9.03. The lowest BCUT2D eigenvalue weighted by Crippen LogP contribution is -2.34. The van der Waals surface area contributed by atoms with Gasteiger partial charge in [0.15, 0.2) is 0 Å². The van der Waals surface area contributed by atoms with E-state index < -0.39 is 5.60 Å². The summed E-state index contributed by atoms with van der Waals surface area (Å²) in [6, 6.07) is 0. The average molecular weight is 166 g/mol. The quantitative estimate of drug-likeness (QED) is 0.683. The van der Waals surface area contributed by atoms with Gasteiger partial charge in [0.1, 0.15) is 0 Å². The first-order valence-corrected chi connectivity index (χ1v) is 4.77. The van der Waals surface area contributed by atoms with E-state index in [2.05, 4.69) is 19.9 Å². The van der Waals surface area contributed by atoms with Gasteiger partial charge in [-0.05, 0) is 6.42 Å². The van der Waals surface area contributed by atoms with Crippen molar-refractivity contribution in [2.45, 2.75) is 38.7 Å². The summed E-state index contributed by atoms with van der Waals surface area (Å²) < 4.78 is 0. The molecular weight excluding hydrogens is 148 g/mol. The van der Waals surface area contributed by atoms with E-state index in [0.29, 0.717) is 0 Å². The largest absolute Gasteiger partial charge is 0.385 e. The van der Waals surface area contributed by atoms with Gasteiger partial charge in [-0.25, -0.2) is 0 Å². The van der Waals surface area contributed by atoms with Crippen LogP contribution in [0.15, 0.2) is 24.3 Å². The smallest absolute Gasteiger partial charge is 0.0890 e. The molecule has 1 aliphatic carbocycles. The molecule has 1 aliphatic rings. The van der Waals surface area contributed by atoms with E-state index >= 15 is 0 Å². The van der Waals surface area contributed by atoms with E-state index in [9.17, 15) is 5.11 Å². The Bertz CT molecular complexity index is 193. The second kappa shape index (κ2) is 3.90. The van der Waals surface area contributed by atoms with Crippen LogP contribution in [0.2, 0.25) is 0 Å². The minimum absolute atomic E-state index is 0.258. The maximum atomic E-state index is 10.1. The third-order valence-electron chi connectivity index (χ3n) is 2.62. The van der Waals surface area contributed by atoms with E-state index in [-0.39, 0.29) is 5.92 Å². The van der Waals surface area contributed by atoms with Crippen LogP contribution in [0, 0.1) is 5.92 Å². The summed E-state index contributed by atoms with van der Waals surface area (Å²) in [6.45, 7) is 4.21. The molecule has 0 saturated heterocycles. The van der Waals surface area contributed by atoms with Gasteiger partial charge in [0, 0.05) is 5.92 Å². The lowest BCUT2D eigenvalue weighted by atomic mass is 9.81. The molecule has 1 rings (SSSR count). The van der Waals surface area contributed by atoms with Crippen LogP contribution in [-0.2, 0) is 0 Å². The molecule has 2 unspecified atom stereocenters. The highest BCUT2D eigenvalue weighted by Gasteiger charge is 2.29. The van der Waals surface area contributed by atoms with Crippen LogP contribution in [0.4, 0.5) is 0 Å². The van der Waals surface area contributed by atoms with E-state index in [1.807, 2.05) is 18.2 Å². The Morgan fingerprint density at radius 2 is 2.17 bits per heavy atom. The molecular formula is C11H18O. The van der Waals surface area contributed by atoms with Gasteiger partial charge in [0.05, 0.1) is 5.60 Å². The van der Waals surface area contributed by atoms with Crippen LogP contribution < -0.4 is 0 Å². The van der Waals surface area contributed by atoms with Crippen molar-refractivity contribution >= 4 is 0 Å². The second-order valence-corrected chi connectivity index (χ2v) is 3.63. The molecule has 0 aliphatic heterocycles. The summed E-state index contributed by atoms with van der Waals surface area (Å²) in [6.07, 6.45) is 11.1. The van der Waals surface area contributed by atoms with Crippen molar-refractivity contribution in [1.29, 1.82) is 0 Å². The van der Waals surface area contributed by atoms with Crippen LogP contribution in [0.5, 0.6) is 0 Å². The minimum atomic E-state index is -0.579. The summed E-state index contributed by atoms with van der Waals surface area (Å²) in [5.41, 5.74) is -0.579. The Morgan fingerprint density at radius 3 is 2.75 bits per heavy atom. The van der Waals surface area contributed by atoms with Crippen LogP contribution in [-0.4, -0.2) is 10.7 Å². The van der Waals surface area contributed by atoms with Crippen LogP contribution in [0.3, 0.4) is 0 Å². The van der Waals surface area contributed by atoms with E-state index in [0.717, 1.165) is 19.3 Å². The van der Waals surface area contributed by atoms with E-state index in [1.165, 1.54) is 0 Å². The highest BCUT2D eigenvalue weighted by Crippen LogP contribution is 2.28. The minimum Gasteiger partial charge on any atom is -0.385 e. The third-order valence-corrected chi connectivity index (χ3v) is 2.62. The van der Waals surface area contributed by atoms with Crippen LogP contribution >= 0.6 is 0 Å². The molecule has 68 valence electrons. The SMILES string of the molecule is CCCCC1(O)C=CC=CC1C. The van der Waals surface area contributed by atoms with Gasteiger partial charge in [-0.15, -0.1) is 0 Å². The van der Waals surface area contributed by atoms with Gasteiger partial charge in [-0.1, -0.05) is 51.0 Å².